The van der Waals surface area contributed by atoms with Crippen LogP contribution in [0.25, 0.3) is 10.6 Å². The Bertz CT molecular complexity index is 492. The van der Waals surface area contributed by atoms with Crippen LogP contribution in [0.2, 0.25) is 0 Å². The lowest BCUT2D eigenvalue weighted by Gasteiger charge is -2.01. The van der Waals surface area contributed by atoms with E-state index in [1.807, 2.05) is 32.9 Å². The van der Waals surface area contributed by atoms with Gasteiger partial charge in [-0.25, -0.2) is 0 Å². The van der Waals surface area contributed by atoms with Crippen LogP contribution in [0, 0.1) is 13.8 Å². The third-order valence-electron chi connectivity index (χ3n) is 2.21. The highest BCUT2D eigenvalue weighted by atomic mass is 32.1. The van der Waals surface area contributed by atoms with E-state index in [0.717, 1.165) is 33.6 Å². The van der Waals surface area contributed by atoms with Gasteiger partial charge in [0, 0.05) is 23.5 Å². The molecule has 0 aliphatic carbocycles. The van der Waals surface area contributed by atoms with E-state index in [1.165, 1.54) is 0 Å². The molecule has 0 radical (unpaired) electrons. The highest BCUT2D eigenvalue weighted by Crippen LogP contribution is 2.27. The van der Waals surface area contributed by atoms with Crippen molar-refractivity contribution >= 4 is 16.5 Å². The predicted molar refractivity (Wildman–Crippen MR) is 66.8 cm³/mol. The monoisotopic (exact) mass is 234 g/mol. The fraction of sp³-hybridized carbons (Fsp3) is 0.364. The Kier molecular flexibility index (Phi) is 3.14. The van der Waals surface area contributed by atoms with E-state index in [1.54, 1.807) is 11.3 Å². The maximum atomic E-state index is 4.42. The molecule has 0 aromatic carbocycles. The van der Waals surface area contributed by atoms with Crippen molar-refractivity contribution in [1.29, 1.82) is 0 Å². The largest absolute Gasteiger partial charge is 0.360 e. The quantitative estimate of drug-likeness (QED) is 0.887. The third kappa shape index (κ3) is 2.19. The number of pyridine rings is 1. The van der Waals surface area contributed by atoms with Gasteiger partial charge in [0.1, 0.15) is 0 Å². The van der Waals surface area contributed by atoms with Gasteiger partial charge in [0.15, 0.2) is 5.01 Å². The van der Waals surface area contributed by atoms with Crippen molar-refractivity contribution in [2.45, 2.75) is 20.8 Å². The summed E-state index contributed by atoms with van der Waals surface area (Å²) >= 11 is 1.56. The third-order valence-corrected chi connectivity index (χ3v) is 3.12. The SMILES string of the molecule is CCNc1nnc(-c2ccc(C)nc2C)s1. The highest BCUT2D eigenvalue weighted by molar-refractivity contribution is 7.18. The molecule has 0 unspecified atom stereocenters. The van der Waals surface area contributed by atoms with Crippen LogP contribution in [0.3, 0.4) is 0 Å². The van der Waals surface area contributed by atoms with Crippen LogP contribution in [-0.4, -0.2) is 21.7 Å². The maximum absolute atomic E-state index is 4.42. The van der Waals surface area contributed by atoms with Crippen molar-refractivity contribution < 1.29 is 0 Å². The molecule has 16 heavy (non-hydrogen) atoms. The van der Waals surface area contributed by atoms with Gasteiger partial charge in [-0.3, -0.25) is 4.98 Å². The van der Waals surface area contributed by atoms with Crippen molar-refractivity contribution in [3.8, 4) is 10.6 Å². The first-order chi connectivity index (χ1) is 7.70. The predicted octanol–water partition coefficient (Wildman–Crippen LogP) is 2.65. The zero-order valence-corrected chi connectivity index (χ0v) is 10.4. The fourth-order valence-corrected chi connectivity index (χ4v) is 2.36. The van der Waals surface area contributed by atoms with E-state index in [4.69, 9.17) is 0 Å². The van der Waals surface area contributed by atoms with Crippen molar-refractivity contribution in [3.05, 3.63) is 23.5 Å². The van der Waals surface area contributed by atoms with Crippen LogP contribution in [0.5, 0.6) is 0 Å². The molecule has 0 fully saturated rings. The molecule has 0 spiro atoms. The summed E-state index contributed by atoms with van der Waals surface area (Å²) < 4.78 is 0. The smallest absolute Gasteiger partial charge is 0.205 e. The molecule has 0 atom stereocenters. The van der Waals surface area contributed by atoms with Gasteiger partial charge in [-0.1, -0.05) is 11.3 Å². The van der Waals surface area contributed by atoms with E-state index < -0.39 is 0 Å². The maximum Gasteiger partial charge on any atom is 0.205 e. The molecule has 2 aromatic heterocycles. The molecule has 2 heterocycles. The number of anilines is 1. The molecule has 0 saturated carbocycles. The fourth-order valence-electron chi connectivity index (χ4n) is 1.47. The van der Waals surface area contributed by atoms with Crippen molar-refractivity contribution in [2.75, 3.05) is 11.9 Å². The van der Waals surface area contributed by atoms with Crippen molar-refractivity contribution in [1.82, 2.24) is 15.2 Å². The Balaban J connectivity index is 2.35. The first-order valence-electron chi connectivity index (χ1n) is 5.22. The number of hydrogen-bond donors (Lipinski definition) is 1. The first kappa shape index (κ1) is 11.0. The number of rotatable bonds is 3. The average Bonchev–Trinajstić information content (AvgIpc) is 2.67. The molecule has 5 heteroatoms. The van der Waals surface area contributed by atoms with Crippen LogP contribution >= 0.6 is 11.3 Å². The second kappa shape index (κ2) is 4.57. The molecule has 84 valence electrons. The number of aromatic nitrogens is 3. The molecular weight excluding hydrogens is 220 g/mol. The van der Waals surface area contributed by atoms with E-state index in [2.05, 4.69) is 20.5 Å². The average molecular weight is 234 g/mol. The van der Waals surface area contributed by atoms with Gasteiger partial charge in [-0.15, -0.1) is 10.2 Å². The molecule has 2 rings (SSSR count). The van der Waals surface area contributed by atoms with Crippen molar-refractivity contribution in [3.63, 3.8) is 0 Å². The molecule has 0 bridgehead atoms. The molecule has 0 amide bonds. The van der Waals surface area contributed by atoms with Crippen LogP contribution < -0.4 is 5.32 Å². The Morgan fingerprint density at radius 3 is 2.75 bits per heavy atom. The van der Waals surface area contributed by atoms with Crippen molar-refractivity contribution in [2.24, 2.45) is 0 Å². The number of nitrogens with one attached hydrogen (secondary N) is 1. The molecule has 1 N–H and O–H groups in total. The Morgan fingerprint density at radius 1 is 1.25 bits per heavy atom. The second-order valence-electron chi connectivity index (χ2n) is 3.53. The van der Waals surface area contributed by atoms with E-state index >= 15 is 0 Å². The highest BCUT2D eigenvalue weighted by Gasteiger charge is 2.09. The van der Waals surface area contributed by atoms with Crippen LogP contribution in [0.4, 0.5) is 5.13 Å². The lowest BCUT2D eigenvalue weighted by molar-refractivity contribution is 1.06. The normalized spacial score (nSPS) is 10.4. The Labute approximate surface area is 98.8 Å². The Hall–Kier alpha value is -1.49. The van der Waals surface area contributed by atoms with Gasteiger partial charge in [0.25, 0.3) is 0 Å². The van der Waals surface area contributed by atoms with Crippen LogP contribution in [0.1, 0.15) is 18.3 Å². The summed E-state index contributed by atoms with van der Waals surface area (Å²) in [4.78, 5) is 4.42. The number of hydrogen-bond acceptors (Lipinski definition) is 5. The lowest BCUT2D eigenvalue weighted by atomic mass is 10.2. The van der Waals surface area contributed by atoms with E-state index in [0.29, 0.717) is 0 Å². The lowest BCUT2D eigenvalue weighted by Crippen LogP contribution is -1.94. The summed E-state index contributed by atoms with van der Waals surface area (Å²) in [5.74, 6) is 0. The van der Waals surface area contributed by atoms with Gasteiger partial charge in [0.05, 0.1) is 0 Å². The molecule has 0 aliphatic rings. The van der Waals surface area contributed by atoms with Gasteiger partial charge < -0.3 is 5.32 Å². The molecule has 0 aliphatic heterocycles. The zero-order chi connectivity index (χ0) is 11.5. The molecule has 2 aromatic rings. The van der Waals surface area contributed by atoms with E-state index in [9.17, 15) is 0 Å². The standard InChI is InChI=1S/C11H14N4S/c1-4-12-11-15-14-10(16-11)9-6-5-7(2)13-8(9)3/h5-6H,4H2,1-3H3,(H,12,15). The molecular formula is C11H14N4S. The summed E-state index contributed by atoms with van der Waals surface area (Å²) in [6.07, 6.45) is 0. The van der Waals surface area contributed by atoms with Gasteiger partial charge in [0.2, 0.25) is 5.13 Å². The summed E-state index contributed by atoms with van der Waals surface area (Å²) in [5.41, 5.74) is 3.09. The van der Waals surface area contributed by atoms with Gasteiger partial charge >= 0.3 is 0 Å². The number of aryl methyl sites for hydroxylation is 2. The summed E-state index contributed by atoms with van der Waals surface area (Å²) in [5, 5.41) is 13.2. The van der Waals surface area contributed by atoms with Gasteiger partial charge in [-0.05, 0) is 32.9 Å². The molecule has 0 saturated heterocycles. The summed E-state index contributed by atoms with van der Waals surface area (Å²) in [7, 11) is 0. The zero-order valence-electron chi connectivity index (χ0n) is 9.61. The topological polar surface area (TPSA) is 50.7 Å². The first-order valence-corrected chi connectivity index (χ1v) is 6.04. The number of nitrogens with zero attached hydrogens (tertiary/aromatic N) is 3. The minimum atomic E-state index is 0.859. The summed E-state index contributed by atoms with van der Waals surface area (Å²) in [6.45, 7) is 6.89. The summed E-state index contributed by atoms with van der Waals surface area (Å²) in [6, 6.07) is 4.05. The Morgan fingerprint density at radius 2 is 2.06 bits per heavy atom. The van der Waals surface area contributed by atoms with E-state index in [-0.39, 0.29) is 0 Å². The molecule has 4 nitrogen and oxygen atoms in total. The minimum absolute atomic E-state index is 0.859. The second-order valence-corrected chi connectivity index (χ2v) is 4.51. The van der Waals surface area contributed by atoms with Crippen LogP contribution in [0.15, 0.2) is 12.1 Å². The van der Waals surface area contributed by atoms with Gasteiger partial charge in [-0.2, -0.15) is 0 Å². The van der Waals surface area contributed by atoms with Crippen LogP contribution in [-0.2, 0) is 0 Å². The minimum Gasteiger partial charge on any atom is -0.360 e.